The summed E-state index contributed by atoms with van der Waals surface area (Å²) in [4.78, 5) is 4.84. The molecule has 180 valence electrons. The first-order chi connectivity index (χ1) is 16.4. The third-order valence-electron chi connectivity index (χ3n) is 6.44. The van der Waals surface area contributed by atoms with Crippen molar-refractivity contribution in [3.8, 4) is 22.8 Å². The van der Waals surface area contributed by atoms with Gasteiger partial charge in [0.1, 0.15) is 36.5 Å². The summed E-state index contributed by atoms with van der Waals surface area (Å²) in [6.45, 7) is 1.02. The number of benzene rings is 2. The lowest BCUT2D eigenvalue weighted by atomic mass is 9.87. The number of hydrogen-bond acceptors (Lipinski definition) is 8. The molecule has 8 nitrogen and oxygen atoms in total. The van der Waals surface area contributed by atoms with Gasteiger partial charge in [-0.2, -0.15) is 0 Å². The molecule has 9 heteroatoms. The highest BCUT2D eigenvalue weighted by atomic mass is 19.1. The molecule has 5 rings (SSSR count). The first-order valence-corrected chi connectivity index (χ1v) is 11.2. The van der Waals surface area contributed by atoms with Gasteiger partial charge in [0.05, 0.1) is 5.69 Å². The van der Waals surface area contributed by atoms with Crippen LogP contribution in [0.4, 0.5) is 4.39 Å². The standard InChI is InChI=1S/C25H26FNO7/c26-15-3-1-13(2-4-15)20-17-6-5-16(28)11-18(17)24(27-21(20)14-7-9-32-10-8-14)33-12-19-22(29)23(30)25(31)34-19/h1-6,11,14,19,22-23,25,28-31H,7-10,12H2/t19-,22-,23-,25?/m1/s1. The van der Waals surface area contributed by atoms with E-state index in [1.807, 2.05) is 0 Å². The van der Waals surface area contributed by atoms with Crippen LogP contribution in [-0.4, -0.2) is 69.8 Å². The van der Waals surface area contributed by atoms with Gasteiger partial charge in [-0.05, 0) is 54.1 Å². The largest absolute Gasteiger partial charge is 0.508 e. The summed E-state index contributed by atoms with van der Waals surface area (Å²) in [6.07, 6.45) is -3.69. The van der Waals surface area contributed by atoms with E-state index in [9.17, 15) is 24.8 Å². The summed E-state index contributed by atoms with van der Waals surface area (Å²) in [5.74, 6) is -0.0204. The van der Waals surface area contributed by atoms with Gasteiger partial charge in [0, 0.05) is 30.1 Å². The van der Waals surface area contributed by atoms with Crippen LogP contribution < -0.4 is 4.74 Å². The van der Waals surface area contributed by atoms with Gasteiger partial charge in [-0.25, -0.2) is 9.37 Å². The number of rotatable bonds is 5. The smallest absolute Gasteiger partial charge is 0.221 e. The highest BCUT2D eigenvalue weighted by Gasteiger charge is 2.42. The molecular weight excluding hydrogens is 445 g/mol. The Balaban J connectivity index is 1.61. The fraction of sp³-hybridized carbons (Fsp3) is 0.400. The SMILES string of the molecule is Oc1ccc2c(-c3ccc(F)cc3)c(C3CCOCC3)nc(OC[C@H]3OC(O)[C@H](O)[C@@H]3O)c2c1. The first-order valence-electron chi connectivity index (χ1n) is 11.2. The second-order valence-electron chi connectivity index (χ2n) is 8.66. The highest BCUT2D eigenvalue weighted by Crippen LogP contribution is 2.42. The van der Waals surface area contributed by atoms with Gasteiger partial charge in [-0.3, -0.25) is 0 Å². The Labute approximate surface area is 195 Å². The molecule has 2 aliphatic rings. The Morgan fingerprint density at radius 2 is 1.71 bits per heavy atom. The number of aliphatic hydroxyl groups is 3. The minimum atomic E-state index is -1.50. The molecular formula is C25H26FNO7. The maximum Gasteiger partial charge on any atom is 0.221 e. The maximum atomic E-state index is 13.7. The molecule has 2 fully saturated rings. The predicted octanol–water partition coefficient (Wildman–Crippen LogP) is 2.46. The number of hydrogen-bond donors (Lipinski definition) is 4. The second-order valence-corrected chi connectivity index (χ2v) is 8.66. The van der Waals surface area contributed by atoms with Crippen LogP contribution in [0.2, 0.25) is 0 Å². The average molecular weight is 471 g/mol. The number of nitrogens with zero attached hydrogens (tertiary/aromatic N) is 1. The van der Waals surface area contributed by atoms with Gasteiger partial charge < -0.3 is 34.6 Å². The van der Waals surface area contributed by atoms with Gasteiger partial charge in [-0.15, -0.1) is 0 Å². The van der Waals surface area contributed by atoms with Gasteiger partial charge in [-0.1, -0.05) is 12.1 Å². The average Bonchev–Trinajstić information content (AvgIpc) is 3.10. The molecule has 3 aromatic rings. The number of halogens is 1. The van der Waals surface area contributed by atoms with Crippen molar-refractivity contribution in [3.63, 3.8) is 0 Å². The maximum absolute atomic E-state index is 13.7. The van der Waals surface area contributed by atoms with Crippen LogP contribution in [-0.2, 0) is 9.47 Å². The Hall–Kier alpha value is -2.82. The van der Waals surface area contributed by atoms with E-state index >= 15 is 0 Å². The minimum absolute atomic E-state index is 0.0195. The second kappa shape index (κ2) is 9.44. The summed E-state index contributed by atoms with van der Waals surface area (Å²) in [5, 5.41) is 41.0. The quantitative estimate of drug-likeness (QED) is 0.448. The van der Waals surface area contributed by atoms with Gasteiger partial charge >= 0.3 is 0 Å². The minimum Gasteiger partial charge on any atom is -0.508 e. The number of pyridine rings is 1. The number of phenols is 1. The zero-order valence-corrected chi connectivity index (χ0v) is 18.3. The number of aromatic nitrogens is 1. The zero-order valence-electron chi connectivity index (χ0n) is 18.3. The van der Waals surface area contributed by atoms with Gasteiger partial charge in [0.15, 0.2) is 6.29 Å². The van der Waals surface area contributed by atoms with E-state index in [1.54, 1.807) is 24.3 Å². The van der Waals surface area contributed by atoms with E-state index in [0.717, 1.165) is 35.0 Å². The van der Waals surface area contributed by atoms with Crippen LogP contribution in [0.1, 0.15) is 24.5 Å². The van der Waals surface area contributed by atoms with Crippen LogP contribution in [0.3, 0.4) is 0 Å². The Morgan fingerprint density at radius 1 is 0.971 bits per heavy atom. The van der Waals surface area contributed by atoms with Crippen molar-refractivity contribution < 1.29 is 39.0 Å². The van der Waals surface area contributed by atoms with E-state index in [4.69, 9.17) is 19.2 Å². The van der Waals surface area contributed by atoms with Crippen molar-refractivity contribution >= 4 is 10.8 Å². The van der Waals surface area contributed by atoms with Crippen molar-refractivity contribution in [2.45, 2.75) is 43.4 Å². The Morgan fingerprint density at radius 3 is 2.38 bits per heavy atom. The van der Waals surface area contributed by atoms with Crippen LogP contribution in [0.5, 0.6) is 11.6 Å². The number of ether oxygens (including phenoxy) is 3. The summed E-state index contributed by atoms with van der Waals surface area (Å²) in [7, 11) is 0. The predicted molar refractivity (Wildman–Crippen MR) is 120 cm³/mol. The van der Waals surface area contributed by atoms with Gasteiger partial charge in [0.2, 0.25) is 5.88 Å². The highest BCUT2D eigenvalue weighted by molar-refractivity contribution is 6.01. The molecule has 0 spiro atoms. The van der Waals surface area contributed by atoms with Crippen molar-refractivity contribution in [2.24, 2.45) is 0 Å². The zero-order chi connectivity index (χ0) is 23.8. The third kappa shape index (κ3) is 4.33. The normalized spacial score (nSPS) is 25.6. The van der Waals surface area contributed by atoms with E-state index in [0.29, 0.717) is 18.6 Å². The summed E-state index contributed by atoms with van der Waals surface area (Å²) < 4.78 is 30.3. The molecule has 0 amide bonds. The fourth-order valence-electron chi connectivity index (χ4n) is 4.61. The van der Waals surface area contributed by atoms with Crippen molar-refractivity contribution in [3.05, 3.63) is 54.0 Å². The van der Waals surface area contributed by atoms with Crippen LogP contribution in [0.25, 0.3) is 21.9 Å². The van der Waals surface area contributed by atoms with E-state index in [2.05, 4.69) is 0 Å². The molecule has 0 radical (unpaired) electrons. The molecule has 1 unspecified atom stereocenters. The van der Waals surface area contributed by atoms with Crippen LogP contribution >= 0.6 is 0 Å². The molecule has 0 bridgehead atoms. The van der Waals surface area contributed by atoms with E-state index in [-0.39, 0.29) is 30.0 Å². The molecule has 0 saturated carbocycles. The molecule has 2 saturated heterocycles. The molecule has 34 heavy (non-hydrogen) atoms. The number of aliphatic hydroxyl groups excluding tert-OH is 3. The number of aromatic hydroxyl groups is 1. The molecule has 0 aliphatic carbocycles. The Bertz CT molecular complexity index is 1170. The molecule has 1 aromatic heterocycles. The van der Waals surface area contributed by atoms with Crippen LogP contribution in [0.15, 0.2) is 42.5 Å². The molecule has 4 atom stereocenters. The lowest BCUT2D eigenvalue weighted by Crippen LogP contribution is -2.35. The lowest BCUT2D eigenvalue weighted by Gasteiger charge is -2.26. The topological polar surface area (TPSA) is 122 Å². The van der Waals surface area contributed by atoms with E-state index < -0.39 is 24.6 Å². The van der Waals surface area contributed by atoms with Gasteiger partial charge in [0.25, 0.3) is 0 Å². The third-order valence-corrected chi connectivity index (χ3v) is 6.44. The summed E-state index contributed by atoms with van der Waals surface area (Å²) in [5.41, 5.74) is 2.40. The van der Waals surface area contributed by atoms with Crippen LogP contribution in [0, 0.1) is 5.82 Å². The number of fused-ring (bicyclic) bond motifs is 1. The van der Waals surface area contributed by atoms with Crippen molar-refractivity contribution in [1.82, 2.24) is 4.98 Å². The fourth-order valence-corrected chi connectivity index (χ4v) is 4.61. The van der Waals surface area contributed by atoms with E-state index in [1.165, 1.54) is 18.2 Å². The summed E-state index contributed by atoms with van der Waals surface area (Å²) >= 11 is 0. The molecule has 4 N–H and O–H groups in total. The van der Waals surface area contributed by atoms with Crippen molar-refractivity contribution in [1.29, 1.82) is 0 Å². The lowest BCUT2D eigenvalue weighted by molar-refractivity contribution is -0.131. The molecule has 2 aliphatic heterocycles. The Kier molecular flexibility index (Phi) is 6.37. The summed E-state index contributed by atoms with van der Waals surface area (Å²) in [6, 6.07) is 11.1. The first kappa shape index (κ1) is 22.9. The molecule has 2 aromatic carbocycles. The molecule has 3 heterocycles. The monoisotopic (exact) mass is 471 g/mol. The van der Waals surface area contributed by atoms with Crippen molar-refractivity contribution in [2.75, 3.05) is 19.8 Å². The number of phenolic OH excluding ortho intramolecular Hbond substituents is 1.